The maximum atomic E-state index is 13.6. The van der Waals surface area contributed by atoms with Crippen molar-refractivity contribution >= 4 is 40.0 Å². The predicted molar refractivity (Wildman–Crippen MR) is 127 cm³/mol. The van der Waals surface area contributed by atoms with Gasteiger partial charge in [-0.1, -0.05) is 0 Å². The zero-order valence-electron chi connectivity index (χ0n) is 18.8. The van der Waals surface area contributed by atoms with Gasteiger partial charge < -0.3 is 20.4 Å². The number of nitrogens with zero attached hydrogens (tertiary/aromatic N) is 3. The summed E-state index contributed by atoms with van der Waals surface area (Å²) in [5.74, 6) is -1.51. The number of rotatable bonds is 4. The van der Waals surface area contributed by atoms with Gasteiger partial charge >= 0.3 is 11.8 Å². The Morgan fingerprint density at radius 1 is 1.00 bits per heavy atom. The van der Waals surface area contributed by atoms with Gasteiger partial charge in [-0.25, -0.2) is 0 Å². The van der Waals surface area contributed by atoms with E-state index < -0.39 is 11.8 Å². The van der Waals surface area contributed by atoms with Crippen molar-refractivity contribution in [2.24, 2.45) is 0 Å². The Bertz CT molecular complexity index is 1120. The number of fused-ring (bicyclic) bond motifs is 1. The summed E-state index contributed by atoms with van der Waals surface area (Å²) < 4.78 is 0. The number of nitrogens with one attached hydrogen (secondary N) is 2. The molecule has 2 aromatic heterocycles. The highest BCUT2D eigenvalue weighted by Crippen LogP contribution is 2.39. The number of thiophene rings is 1. The van der Waals surface area contributed by atoms with Gasteiger partial charge in [-0.15, -0.1) is 11.3 Å². The smallest absolute Gasteiger partial charge is 0.312 e. The lowest BCUT2D eigenvalue weighted by molar-refractivity contribution is -0.146. The number of piperazine rings is 1. The van der Waals surface area contributed by atoms with E-state index in [-0.39, 0.29) is 17.9 Å². The Morgan fingerprint density at radius 2 is 1.74 bits per heavy atom. The first-order valence-electron chi connectivity index (χ1n) is 11.8. The number of anilines is 1. The van der Waals surface area contributed by atoms with E-state index in [0.29, 0.717) is 42.3 Å². The summed E-state index contributed by atoms with van der Waals surface area (Å²) in [7, 11) is 0. The van der Waals surface area contributed by atoms with Gasteiger partial charge in [0, 0.05) is 49.5 Å². The lowest BCUT2D eigenvalue weighted by Gasteiger charge is -2.34. The largest absolute Gasteiger partial charge is 0.345 e. The number of carbonyl (C=O) groups excluding carboxylic acids is 4. The van der Waals surface area contributed by atoms with E-state index in [9.17, 15) is 19.2 Å². The van der Waals surface area contributed by atoms with E-state index in [4.69, 9.17) is 0 Å². The molecule has 3 heterocycles. The molecular weight excluding hydrogens is 454 g/mol. The van der Waals surface area contributed by atoms with Crippen molar-refractivity contribution in [1.82, 2.24) is 20.1 Å². The second-order valence-electron chi connectivity index (χ2n) is 8.94. The molecule has 10 heteroatoms. The second kappa shape index (κ2) is 9.54. The fourth-order valence-corrected chi connectivity index (χ4v) is 5.72. The Morgan fingerprint density at radius 3 is 2.44 bits per heavy atom. The fourth-order valence-electron chi connectivity index (χ4n) is 4.44. The molecule has 9 nitrogen and oxygen atoms in total. The van der Waals surface area contributed by atoms with E-state index >= 15 is 0 Å². The van der Waals surface area contributed by atoms with Crippen LogP contribution in [0.2, 0.25) is 0 Å². The molecule has 4 amide bonds. The maximum Gasteiger partial charge on any atom is 0.312 e. The second-order valence-corrected chi connectivity index (χ2v) is 10.0. The van der Waals surface area contributed by atoms with Gasteiger partial charge in [-0.05, 0) is 56.2 Å². The van der Waals surface area contributed by atoms with Crippen LogP contribution < -0.4 is 10.6 Å². The Balaban J connectivity index is 1.30. The lowest BCUT2D eigenvalue weighted by Crippen LogP contribution is -2.54. The molecule has 1 saturated carbocycles. The zero-order valence-corrected chi connectivity index (χ0v) is 19.7. The van der Waals surface area contributed by atoms with E-state index in [2.05, 4.69) is 15.6 Å². The summed E-state index contributed by atoms with van der Waals surface area (Å²) >= 11 is 1.48. The average Bonchev–Trinajstić information content (AvgIpc) is 3.61. The van der Waals surface area contributed by atoms with Crippen LogP contribution in [0.4, 0.5) is 5.00 Å². The molecule has 5 rings (SSSR count). The summed E-state index contributed by atoms with van der Waals surface area (Å²) in [6.07, 6.45) is 8.75. The van der Waals surface area contributed by atoms with E-state index in [1.165, 1.54) is 22.4 Å². The van der Waals surface area contributed by atoms with Gasteiger partial charge in [-0.3, -0.25) is 24.2 Å². The minimum atomic E-state index is -0.561. The minimum absolute atomic E-state index is 0.129. The van der Waals surface area contributed by atoms with Crippen LogP contribution in [-0.4, -0.2) is 70.6 Å². The maximum absolute atomic E-state index is 13.6. The topological polar surface area (TPSA) is 112 Å². The summed E-state index contributed by atoms with van der Waals surface area (Å²) in [6, 6.07) is 3.52. The third-order valence-electron chi connectivity index (χ3n) is 6.50. The number of hydrogen-bond donors (Lipinski definition) is 2. The molecule has 0 spiro atoms. The van der Waals surface area contributed by atoms with Crippen molar-refractivity contribution in [3.63, 3.8) is 0 Å². The number of amides is 4. The molecule has 0 radical (unpaired) electrons. The minimum Gasteiger partial charge on any atom is -0.345 e. The fraction of sp³-hybridized carbons (Fsp3) is 0.458. The number of hydrogen-bond acceptors (Lipinski definition) is 6. The van der Waals surface area contributed by atoms with Gasteiger partial charge in [-0.2, -0.15) is 0 Å². The number of pyridine rings is 1. The average molecular weight is 482 g/mol. The molecule has 0 unspecified atom stereocenters. The molecule has 34 heavy (non-hydrogen) atoms. The third-order valence-corrected chi connectivity index (χ3v) is 7.70. The van der Waals surface area contributed by atoms with Crippen molar-refractivity contribution < 1.29 is 19.2 Å². The highest BCUT2D eigenvalue weighted by Gasteiger charge is 2.34. The van der Waals surface area contributed by atoms with Crippen LogP contribution in [0.15, 0.2) is 24.5 Å². The van der Waals surface area contributed by atoms with Gasteiger partial charge in [0.05, 0.1) is 11.1 Å². The van der Waals surface area contributed by atoms with Crippen LogP contribution in [0.5, 0.6) is 0 Å². The Labute approximate surface area is 201 Å². The third kappa shape index (κ3) is 4.68. The molecule has 178 valence electrons. The van der Waals surface area contributed by atoms with E-state index in [1.54, 1.807) is 23.2 Å². The standard InChI is InChI=1S/C24H27N5O4S/c30-20(15-4-3-9-25-14-15)27-22-19(17-5-1-2-6-18(17)34-22)23(32)28-10-12-29(13-11-28)24(33)21(31)26-16-7-8-16/h3-4,9,14,16H,1-2,5-8,10-13H2,(H,26,31)(H,27,30). The summed E-state index contributed by atoms with van der Waals surface area (Å²) in [5, 5.41) is 6.25. The highest BCUT2D eigenvalue weighted by atomic mass is 32.1. The molecule has 1 saturated heterocycles. The van der Waals surface area contributed by atoms with Gasteiger partial charge in [0.2, 0.25) is 0 Å². The normalized spacial score (nSPS) is 17.6. The first-order chi connectivity index (χ1) is 16.5. The first kappa shape index (κ1) is 22.5. The zero-order chi connectivity index (χ0) is 23.7. The van der Waals surface area contributed by atoms with Crippen LogP contribution in [0.3, 0.4) is 0 Å². The monoisotopic (exact) mass is 481 g/mol. The van der Waals surface area contributed by atoms with Crippen molar-refractivity contribution in [2.75, 3.05) is 31.5 Å². The molecule has 2 aliphatic carbocycles. The molecule has 1 aliphatic heterocycles. The Hall–Kier alpha value is -3.27. The van der Waals surface area contributed by atoms with Crippen LogP contribution in [-0.2, 0) is 22.4 Å². The number of carbonyl (C=O) groups is 4. The quantitative estimate of drug-likeness (QED) is 0.648. The lowest BCUT2D eigenvalue weighted by atomic mass is 9.95. The highest BCUT2D eigenvalue weighted by molar-refractivity contribution is 7.17. The van der Waals surface area contributed by atoms with Crippen molar-refractivity contribution in [3.05, 3.63) is 46.1 Å². The molecule has 3 aliphatic rings. The van der Waals surface area contributed by atoms with Crippen molar-refractivity contribution in [3.8, 4) is 0 Å². The molecule has 0 atom stereocenters. The first-order valence-corrected chi connectivity index (χ1v) is 12.6. The molecule has 0 aromatic carbocycles. The summed E-state index contributed by atoms with van der Waals surface area (Å²) in [4.78, 5) is 59.3. The van der Waals surface area contributed by atoms with Crippen molar-refractivity contribution in [2.45, 2.75) is 44.6 Å². The molecule has 2 N–H and O–H groups in total. The SMILES string of the molecule is O=C(NC1CC1)C(=O)N1CCN(C(=O)c2c(NC(=O)c3cccnc3)sc3c2CCCC3)CC1. The molecule has 2 fully saturated rings. The van der Waals surface area contributed by atoms with Crippen LogP contribution >= 0.6 is 11.3 Å². The van der Waals surface area contributed by atoms with Gasteiger partial charge in [0.15, 0.2) is 0 Å². The predicted octanol–water partition coefficient (Wildman–Crippen LogP) is 1.84. The van der Waals surface area contributed by atoms with E-state index in [1.807, 2.05) is 0 Å². The molecular formula is C24H27N5O4S. The van der Waals surface area contributed by atoms with Crippen molar-refractivity contribution in [1.29, 1.82) is 0 Å². The van der Waals surface area contributed by atoms with Gasteiger partial charge in [0.1, 0.15) is 5.00 Å². The van der Waals surface area contributed by atoms with Crippen LogP contribution in [0.1, 0.15) is 56.8 Å². The molecule has 2 aromatic rings. The van der Waals surface area contributed by atoms with Crippen LogP contribution in [0.25, 0.3) is 0 Å². The number of aromatic nitrogens is 1. The summed E-state index contributed by atoms with van der Waals surface area (Å²) in [5.41, 5.74) is 2.04. The molecule has 0 bridgehead atoms. The Kier molecular flexibility index (Phi) is 6.32. The summed E-state index contributed by atoms with van der Waals surface area (Å²) in [6.45, 7) is 1.32. The van der Waals surface area contributed by atoms with Crippen LogP contribution in [0, 0.1) is 0 Å². The van der Waals surface area contributed by atoms with E-state index in [0.717, 1.165) is 49.0 Å². The van der Waals surface area contributed by atoms with Gasteiger partial charge in [0.25, 0.3) is 11.8 Å². The number of aryl methyl sites for hydroxylation is 1.